The van der Waals surface area contributed by atoms with Crippen LogP contribution in [0, 0.1) is 11.8 Å². The number of amides is 1. The summed E-state index contributed by atoms with van der Waals surface area (Å²) in [7, 11) is 2.14. The second-order valence-electron chi connectivity index (χ2n) is 8.22. The first-order valence-corrected chi connectivity index (χ1v) is 9.83. The van der Waals surface area contributed by atoms with E-state index in [0.29, 0.717) is 6.04 Å². The van der Waals surface area contributed by atoms with E-state index in [1.807, 2.05) is 0 Å². The van der Waals surface area contributed by atoms with Gasteiger partial charge in [0.05, 0.1) is 0 Å². The third-order valence-corrected chi connectivity index (χ3v) is 5.95. The van der Waals surface area contributed by atoms with Crippen LogP contribution in [0.25, 0.3) is 0 Å². The Bertz CT molecular complexity index is 571. The van der Waals surface area contributed by atoms with Gasteiger partial charge in [-0.3, -0.25) is 9.69 Å². The number of carbonyl (C=O) groups is 1. The predicted octanol–water partition coefficient (Wildman–Crippen LogP) is 3.59. The van der Waals surface area contributed by atoms with Crippen LogP contribution in [0.2, 0.25) is 0 Å². The third kappa shape index (κ3) is 5.05. The van der Waals surface area contributed by atoms with Crippen molar-refractivity contribution in [3.05, 3.63) is 29.8 Å². The van der Waals surface area contributed by atoms with Crippen LogP contribution in [0.15, 0.2) is 24.3 Å². The van der Waals surface area contributed by atoms with Crippen molar-refractivity contribution in [3.63, 3.8) is 0 Å². The zero-order valence-corrected chi connectivity index (χ0v) is 16.0. The molecule has 2 aliphatic rings. The van der Waals surface area contributed by atoms with Gasteiger partial charge in [-0.2, -0.15) is 0 Å². The quantitative estimate of drug-likeness (QED) is 0.907. The summed E-state index contributed by atoms with van der Waals surface area (Å²) in [6, 6.07) is 8.91. The Kier molecular flexibility index (Phi) is 6.13. The molecule has 0 aromatic heterocycles. The molecule has 1 N–H and O–H groups in total. The maximum absolute atomic E-state index is 12.5. The number of carbonyl (C=O) groups excluding carboxylic acids is 1. The second-order valence-corrected chi connectivity index (χ2v) is 8.22. The molecule has 2 saturated heterocycles. The summed E-state index contributed by atoms with van der Waals surface area (Å²) in [4.78, 5) is 17.4. The lowest BCUT2D eigenvalue weighted by atomic mass is 9.91. The molecule has 0 bridgehead atoms. The minimum Gasteiger partial charge on any atom is -0.326 e. The molecule has 0 spiro atoms. The Morgan fingerprint density at radius 2 is 1.92 bits per heavy atom. The van der Waals surface area contributed by atoms with E-state index in [4.69, 9.17) is 0 Å². The number of benzene rings is 1. The molecule has 2 aliphatic heterocycles. The number of hydrogen-bond donors (Lipinski definition) is 1. The van der Waals surface area contributed by atoms with Gasteiger partial charge < -0.3 is 10.2 Å². The lowest BCUT2D eigenvalue weighted by Gasteiger charge is -2.34. The van der Waals surface area contributed by atoms with Gasteiger partial charge in [0.2, 0.25) is 5.91 Å². The van der Waals surface area contributed by atoms with Crippen LogP contribution in [0.4, 0.5) is 5.69 Å². The standard InChI is InChI=1S/C21H33N3O/c1-16-5-4-11-24(14-16)15-18-6-8-20(9-7-18)22-21(25)19-10-12-23(3)17(2)13-19/h6-9,16-17,19H,4-5,10-15H2,1-3H3,(H,22,25)/t16?,17-,19-/m0/s1. The molecule has 3 atom stereocenters. The van der Waals surface area contributed by atoms with Gasteiger partial charge in [0.15, 0.2) is 0 Å². The van der Waals surface area contributed by atoms with E-state index in [-0.39, 0.29) is 11.8 Å². The highest BCUT2D eigenvalue weighted by molar-refractivity contribution is 5.92. The molecular formula is C21H33N3O. The van der Waals surface area contributed by atoms with Gasteiger partial charge in [0.25, 0.3) is 0 Å². The first-order chi connectivity index (χ1) is 12.0. The molecule has 3 rings (SSSR count). The van der Waals surface area contributed by atoms with Crippen molar-refractivity contribution in [3.8, 4) is 0 Å². The van der Waals surface area contributed by atoms with E-state index < -0.39 is 0 Å². The number of likely N-dealkylation sites (tertiary alicyclic amines) is 2. The van der Waals surface area contributed by atoms with Crippen LogP contribution in [0.1, 0.15) is 45.1 Å². The monoisotopic (exact) mass is 343 g/mol. The highest BCUT2D eigenvalue weighted by Crippen LogP contribution is 2.23. The SMILES string of the molecule is CC1CCCN(Cc2ccc(NC(=O)[C@H]3CCN(C)[C@@H](C)C3)cc2)C1. The van der Waals surface area contributed by atoms with E-state index >= 15 is 0 Å². The Morgan fingerprint density at radius 1 is 1.16 bits per heavy atom. The van der Waals surface area contributed by atoms with Gasteiger partial charge >= 0.3 is 0 Å². The second kappa shape index (κ2) is 8.33. The van der Waals surface area contributed by atoms with Gasteiger partial charge in [-0.15, -0.1) is 0 Å². The first kappa shape index (κ1) is 18.4. The van der Waals surface area contributed by atoms with Crippen LogP contribution in [-0.2, 0) is 11.3 Å². The molecule has 0 radical (unpaired) electrons. The van der Waals surface area contributed by atoms with Crippen molar-refractivity contribution in [2.45, 2.75) is 52.1 Å². The van der Waals surface area contributed by atoms with E-state index in [2.05, 4.69) is 60.3 Å². The summed E-state index contributed by atoms with van der Waals surface area (Å²) in [5, 5.41) is 3.11. The molecule has 25 heavy (non-hydrogen) atoms. The molecule has 2 fully saturated rings. The fraction of sp³-hybridized carbons (Fsp3) is 0.667. The average molecular weight is 344 g/mol. The Morgan fingerprint density at radius 3 is 2.60 bits per heavy atom. The molecule has 0 saturated carbocycles. The van der Waals surface area contributed by atoms with Crippen molar-refractivity contribution in [2.75, 3.05) is 32.0 Å². The maximum atomic E-state index is 12.5. The Balaban J connectivity index is 1.51. The lowest BCUT2D eigenvalue weighted by Crippen LogP contribution is -2.41. The molecule has 2 heterocycles. The highest BCUT2D eigenvalue weighted by atomic mass is 16.1. The average Bonchev–Trinajstić information content (AvgIpc) is 2.59. The van der Waals surface area contributed by atoms with Crippen LogP contribution in [-0.4, -0.2) is 48.4 Å². The molecule has 1 aromatic carbocycles. The molecule has 4 nitrogen and oxygen atoms in total. The highest BCUT2D eigenvalue weighted by Gasteiger charge is 2.27. The number of nitrogens with zero attached hydrogens (tertiary/aromatic N) is 2. The van der Waals surface area contributed by atoms with Gasteiger partial charge in [-0.05, 0) is 76.4 Å². The van der Waals surface area contributed by atoms with Crippen molar-refractivity contribution in [1.82, 2.24) is 9.80 Å². The molecule has 1 unspecified atom stereocenters. The van der Waals surface area contributed by atoms with Crippen molar-refractivity contribution in [1.29, 1.82) is 0 Å². The van der Waals surface area contributed by atoms with Gasteiger partial charge in [-0.1, -0.05) is 19.1 Å². The molecule has 1 aromatic rings. The smallest absolute Gasteiger partial charge is 0.227 e. The summed E-state index contributed by atoms with van der Waals surface area (Å²) in [5.41, 5.74) is 2.26. The van der Waals surface area contributed by atoms with Crippen molar-refractivity contribution in [2.24, 2.45) is 11.8 Å². The normalized spacial score (nSPS) is 28.7. The van der Waals surface area contributed by atoms with E-state index in [1.165, 1.54) is 31.5 Å². The van der Waals surface area contributed by atoms with E-state index in [1.54, 1.807) is 0 Å². The van der Waals surface area contributed by atoms with E-state index in [0.717, 1.165) is 37.5 Å². The molecule has 4 heteroatoms. The maximum Gasteiger partial charge on any atom is 0.227 e. The van der Waals surface area contributed by atoms with Gasteiger partial charge in [0, 0.05) is 30.7 Å². The van der Waals surface area contributed by atoms with E-state index in [9.17, 15) is 4.79 Å². The number of nitrogens with one attached hydrogen (secondary N) is 1. The Labute approximate surface area is 152 Å². The third-order valence-electron chi connectivity index (χ3n) is 5.95. The first-order valence-electron chi connectivity index (χ1n) is 9.83. The number of rotatable bonds is 4. The van der Waals surface area contributed by atoms with Crippen LogP contribution in [0.3, 0.4) is 0 Å². The van der Waals surface area contributed by atoms with Crippen LogP contribution < -0.4 is 5.32 Å². The number of hydrogen-bond acceptors (Lipinski definition) is 3. The summed E-state index contributed by atoms with van der Waals surface area (Å²) in [6.45, 7) is 8.98. The summed E-state index contributed by atoms with van der Waals surface area (Å²) >= 11 is 0. The minimum absolute atomic E-state index is 0.140. The fourth-order valence-electron chi connectivity index (χ4n) is 4.15. The lowest BCUT2D eigenvalue weighted by molar-refractivity contribution is -0.121. The van der Waals surface area contributed by atoms with Crippen LogP contribution >= 0.6 is 0 Å². The summed E-state index contributed by atoms with van der Waals surface area (Å²) in [6.07, 6.45) is 4.58. The molecule has 1 amide bonds. The van der Waals surface area contributed by atoms with Gasteiger partial charge in [0.1, 0.15) is 0 Å². The molecule has 0 aliphatic carbocycles. The number of anilines is 1. The predicted molar refractivity (Wildman–Crippen MR) is 104 cm³/mol. The minimum atomic E-state index is 0.140. The largest absolute Gasteiger partial charge is 0.326 e. The fourth-order valence-corrected chi connectivity index (χ4v) is 4.15. The zero-order valence-electron chi connectivity index (χ0n) is 16.0. The van der Waals surface area contributed by atoms with Crippen molar-refractivity contribution < 1.29 is 4.79 Å². The topological polar surface area (TPSA) is 35.6 Å². The Hall–Kier alpha value is -1.39. The van der Waals surface area contributed by atoms with Gasteiger partial charge in [-0.25, -0.2) is 0 Å². The molecular weight excluding hydrogens is 310 g/mol. The zero-order chi connectivity index (χ0) is 17.8. The van der Waals surface area contributed by atoms with Crippen molar-refractivity contribution >= 4 is 11.6 Å². The number of piperidine rings is 2. The summed E-state index contributed by atoms with van der Waals surface area (Å²) in [5.74, 6) is 1.13. The van der Waals surface area contributed by atoms with Crippen LogP contribution in [0.5, 0.6) is 0 Å². The summed E-state index contributed by atoms with van der Waals surface area (Å²) < 4.78 is 0. The molecule has 138 valence electrons.